The van der Waals surface area contributed by atoms with E-state index in [4.69, 9.17) is 19.6 Å². The molecule has 0 atom stereocenters. The molecule has 3 aromatic rings. The average Bonchev–Trinajstić information content (AvgIpc) is 3.31. The van der Waals surface area contributed by atoms with Gasteiger partial charge >= 0.3 is 5.97 Å². The number of aryl methyl sites for hydroxylation is 1. The molecule has 0 radical (unpaired) electrons. The van der Waals surface area contributed by atoms with E-state index in [1.54, 1.807) is 18.2 Å². The summed E-state index contributed by atoms with van der Waals surface area (Å²) in [6, 6.07) is 7.12. The van der Waals surface area contributed by atoms with Crippen LogP contribution in [0.15, 0.2) is 28.8 Å². The zero-order valence-electron chi connectivity index (χ0n) is 15.0. The van der Waals surface area contributed by atoms with Crippen molar-refractivity contribution in [2.24, 2.45) is 0 Å². The Morgan fingerprint density at radius 2 is 2.15 bits per heavy atom. The Bertz CT molecular complexity index is 1040. The van der Waals surface area contributed by atoms with Crippen molar-refractivity contribution in [1.29, 1.82) is 5.26 Å². The van der Waals surface area contributed by atoms with Crippen LogP contribution in [-0.4, -0.2) is 35.0 Å². The lowest BCUT2D eigenvalue weighted by atomic mass is 10.1. The topological polar surface area (TPSA) is 129 Å². The molecule has 138 valence electrons. The molecule has 3 rings (SSSR count). The van der Waals surface area contributed by atoms with Crippen molar-refractivity contribution in [1.82, 2.24) is 14.8 Å². The first kappa shape index (κ1) is 18.0. The first-order chi connectivity index (χ1) is 13.0. The molecule has 0 aliphatic rings. The lowest BCUT2D eigenvalue weighted by molar-refractivity contribution is 0.0593. The number of benzene rings is 1. The van der Waals surface area contributed by atoms with Crippen LogP contribution in [0.2, 0.25) is 0 Å². The number of aromatic nitrogens is 3. The number of nitriles is 1. The van der Waals surface area contributed by atoms with Crippen molar-refractivity contribution >= 4 is 11.7 Å². The Morgan fingerprint density at radius 1 is 1.37 bits per heavy atom. The molecule has 1 aromatic carbocycles. The number of nitrogen functional groups attached to an aromatic ring is 1. The van der Waals surface area contributed by atoms with E-state index in [9.17, 15) is 10.1 Å². The fourth-order valence-corrected chi connectivity index (χ4v) is 2.63. The summed E-state index contributed by atoms with van der Waals surface area (Å²) in [4.78, 5) is 12.2. The van der Waals surface area contributed by atoms with Crippen molar-refractivity contribution in [3.05, 3.63) is 41.5 Å². The molecule has 2 heterocycles. The highest BCUT2D eigenvalue weighted by Crippen LogP contribution is 2.33. The van der Waals surface area contributed by atoms with E-state index in [0.29, 0.717) is 35.2 Å². The lowest BCUT2D eigenvalue weighted by Crippen LogP contribution is -2.11. The highest BCUT2D eigenvalue weighted by molar-refractivity contribution is 5.96. The van der Waals surface area contributed by atoms with Crippen LogP contribution in [0.25, 0.3) is 17.1 Å². The van der Waals surface area contributed by atoms with Crippen LogP contribution in [0.3, 0.4) is 0 Å². The van der Waals surface area contributed by atoms with E-state index in [1.807, 2.05) is 13.0 Å². The molecule has 0 aliphatic carbocycles. The molecule has 0 saturated carbocycles. The summed E-state index contributed by atoms with van der Waals surface area (Å²) >= 11 is 0. The van der Waals surface area contributed by atoms with Crippen LogP contribution in [0.5, 0.6) is 5.75 Å². The number of carbonyl (C=O) groups is 1. The molecule has 9 heteroatoms. The Kier molecular flexibility index (Phi) is 4.81. The van der Waals surface area contributed by atoms with Gasteiger partial charge in [-0.15, -0.1) is 10.2 Å². The van der Waals surface area contributed by atoms with Gasteiger partial charge in [0.1, 0.15) is 11.8 Å². The maximum atomic E-state index is 12.2. The molecule has 2 aromatic heterocycles. The number of methoxy groups -OCH3 is 2. The summed E-state index contributed by atoms with van der Waals surface area (Å²) in [6.45, 7) is 1.91. The summed E-state index contributed by atoms with van der Waals surface area (Å²) in [7, 11) is 2.74. The number of carbonyl (C=O) groups excluding carboxylic acids is 1. The van der Waals surface area contributed by atoms with Gasteiger partial charge in [-0.1, -0.05) is 6.92 Å². The summed E-state index contributed by atoms with van der Waals surface area (Å²) in [5.41, 5.74) is 7.27. The van der Waals surface area contributed by atoms with Gasteiger partial charge in [-0.05, 0) is 18.2 Å². The molecule has 0 bridgehead atoms. The lowest BCUT2D eigenvalue weighted by Gasteiger charge is -2.13. The number of anilines is 1. The first-order valence-corrected chi connectivity index (χ1v) is 8.04. The van der Waals surface area contributed by atoms with Crippen molar-refractivity contribution < 1.29 is 18.7 Å². The van der Waals surface area contributed by atoms with Gasteiger partial charge in [0.05, 0.1) is 31.2 Å². The fourth-order valence-electron chi connectivity index (χ4n) is 2.63. The zero-order chi connectivity index (χ0) is 19.6. The molecule has 0 saturated heterocycles. The smallest absolute Gasteiger partial charge is 0.357 e. The highest BCUT2D eigenvalue weighted by atomic mass is 16.5. The van der Waals surface area contributed by atoms with Crippen LogP contribution in [-0.2, 0) is 11.2 Å². The molecule has 27 heavy (non-hydrogen) atoms. The Labute approximate surface area is 154 Å². The van der Waals surface area contributed by atoms with Crippen molar-refractivity contribution in [2.45, 2.75) is 13.3 Å². The van der Waals surface area contributed by atoms with Crippen molar-refractivity contribution in [2.75, 3.05) is 20.0 Å². The SMILES string of the molecule is CCc1nnc(-c2ccc(OC)c(-n3cc(C#N)c(N)c3C(=O)OC)c2)o1. The third-order valence-corrected chi connectivity index (χ3v) is 4.00. The Morgan fingerprint density at radius 3 is 2.74 bits per heavy atom. The number of nitrogens with zero attached hydrogens (tertiary/aromatic N) is 4. The van der Waals surface area contributed by atoms with Crippen LogP contribution in [0.1, 0.15) is 28.9 Å². The normalized spacial score (nSPS) is 10.4. The van der Waals surface area contributed by atoms with Crippen LogP contribution < -0.4 is 10.5 Å². The molecule has 2 N–H and O–H groups in total. The largest absolute Gasteiger partial charge is 0.495 e. The van der Waals surface area contributed by atoms with Gasteiger partial charge in [-0.2, -0.15) is 5.26 Å². The fraction of sp³-hybridized carbons (Fsp3) is 0.222. The maximum absolute atomic E-state index is 12.2. The average molecular weight is 367 g/mol. The van der Waals surface area contributed by atoms with Crippen LogP contribution >= 0.6 is 0 Å². The third kappa shape index (κ3) is 3.08. The van der Waals surface area contributed by atoms with Crippen LogP contribution in [0.4, 0.5) is 5.69 Å². The van der Waals surface area contributed by atoms with Gasteiger partial charge in [-0.25, -0.2) is 4.79 Å². The summed E-state index contributed by atoms with van der Waals surface area (Å²) in [6.07, 6.45) is 2.07. The quantitative estimate of drug-likeness (QED) is 0.680. The van der Waals surface area contributed by atoms with Gasteiger partial charge in [-0.3, -0.25) is 0 Å². The second-order valence-electron chi connectivity index (χ2n) is 5.52. The molecule has 0 amide bonds. The third-order valence-electron chi connectivity index (χ3n) is 4.00. The second-order valence-corrected chi connectivity index (χ2v) is 5.52. The van der Waals surface area contributed by atoms with Crippen molar-refractivity contribution in [3.63, 3.8) is 0 Å². The highest BCUT2D eigenvalue weighted by Gasteiger charge is 2.24. The molecule has 0 fully saturated rings. The minimum Gasteiger partial charge on any atom is -0.495 e. The monoisotopic (exact) mass is 367 g/mol. The standard InChI is InChI=1S/C18H17N5O4/c1-4-14-21-22-17(27-14)10-5-6-13(25-2)12(7-10)23-9-11(8-19)15(20)16(23)18(24)26-3/h5-7,9H,4,20H2,1-3H3. The van der Waals surface area contributed by atoms with E-state index in [1.165, 1.54) is 25.0 Å². The number of esters is 1. The molecular formula is C18H17N5O4. The molecule has 0 spiro atoms. The minimum atomic E-state index is -0.674. The molecule has 9 nitrogen and oxygen atoms in total. The summed E-state index contributed by atoms with van der Waals surface area (Å²) < 4.78 is 17.3. The van der Waals surface area contributed by atoms with E-state index in [-0.39, 0.29) is 16.9 Å². The van der Waals surface area contributed by atoms with E-state index in [2.05, 4.69) is 10.2 Å². The summed E-state index contributed by atoms with van der Waals surface area (Å²) in [5, 5.41) is 17.3. The predicted molar refractivity (Wildman–Crippen MR) is 95.5 cm³/mol. The van der Waals surface area contributed by atoms with Gasteiger partial charge < -0.3 is 24.2 Å². The molecule has 0 aliphatic heterocycles. The number of nitrogens with two attached hydrogens (primary N) is 1. The van der Waals surface area contributed by atoms with Gasteiger partial charge in [0.15, 0.2) is 5.69 Å². The van der Waals surface area contributed by atoms with Gasteiger partial charge in [0.2, 0.25) is 11.8 Å². The van der Waals surface area contributed by atoms with E-state index in [0.717, 1.165) is 0 Å². The molecular weight excluding hydrogens is 350 g/mol. The summed E-state index contributed by atoms with van der Waals surface area (Å²) in [5.74, 6) is 0.622. The molecule has 0 unspecified atom stereocenters. The van der Waals surface area contributed by atoms with E-state index >= 15 is 0 Å². The first-order valence-electron chi connectivity index (χ1n) is 8.04. The van der Waals surface area contributed by atoms with Crippen molar-refractivity contribution in [3.8, 4) is 29.0 Å². The van der Waals surface area contributed by atoms with Crippen LogP contribution in [0, 0.1) is 11.3 Å². The number of hydrogen-bond donors (Lipinski definition) is 1. The van der Waals surface area contributed by atoms with E-state index < -0.39 is 5.97 Å². The minimum absolute atomic E-state index is 0.0304. The second kappa shape index (κ2) is 7.21. The zero-order valence-corrected chi connectivity index (χ0v) is 15.0. The number of ether oxygens (including phenoxy) is 2. The predicted octanol–water partition coefficient (Wildman–Crippen LogP) is 2.34. The maximum Gasteiger partial charge on any atom is 0.357 e. The Balaban J connectivity index is 2.23. The van der Waals surface area contributed by atoms with Gasteiger partial charge in [0.25, 0.3) is 0 Å². The Hall–Kier alpha value is -3.80. The van der Waals surface area contributed by atoms with Gasteiger partial charge in [0, 0.05) is 18.2 Å². The number of hydrogen-bond acceptors (Lipinski definition) is 8. The number of rotatable bonds is 5.